The fourth-order valence-electron chi connectivity index (χ4n) is 2.21. The number of rotatable bonds is 5. The third kappa shape index (κ3) is 3.95. The Balaban J connectivity index is 1.72. The topological polar surface area (TPSA) is 66.9 Å². The van der Waals surface area contributed by atoms with Gasteiger partial charge in [0.2, 0.25) is 0 Å². The molecule has 0 aliphatic heterocycles. The van der Waals surface area contributed by atoms with Crippen LogP contribution in [-0.4, -0.2) is 15.8 Å². The molecule has 0 amide bonds. The molecule has 5 nitrogen and oxygen atoms in total. The molecular weight excluding hydrogens is 300 g/mol. The predicted molar refractivity (Wildman–Crippen MR) is 96.2 cm³/mol. The number of ketones is 1. The van der Waals surface area contributed by atoms with Crippen molar-refractivity contribution in [3.63, 3.8) is 0 Å². The van der Waals surface area contributed by atoms with Crippen LogP contribution in [0.5, 0.6) is 0 Å². The third-order valence-corrected chi connectivity index (χ3v) is 3.55. The van der Waals surface area contributed by atoms with E-state index in [4.69, 9.17) is 0 Å². The van der Waals surface area contributed by atoms with Gasteiger partial charge >= 0.3 is 0 Å². The smallest absolute Gasteiger partial charge is 0.159 e. The molecule has 3 rings (SSSR count). The summed E-state index contributed by atoms with van der Waals surface area (Å²) in [5, 5.41) is 6.45. The van der Waals surface area contributed by atoms with Crippen LogP contribution < -0.4 is 10.6 Å². The molecule has 3 aromatic rings. The van der Waals surface area contributed by atoms with E-state index < -0.39 is 0 Å². The monoisotopic (exact) mass is 318 g/mol. The molecule has 0 bridgehead atoms. The molecule has 24 heavy (non-hydrogen) atoms. The van der Waals surface area contributed by atoms with Crippen molar-refractivity contribution in [1.82, 2.24) is 9.97 Å². The van der Waals surface area contributed by atoms with Crippen molar-refractivity contribution in [2.45, 2.75) is 13.8 Å². The molecule has 2 aromatic carbocycles. The van der Waals surface area contributed by atoms with Crippen molar-refractivity contribution in [2.75, 3.05) is 10.6 Å². The Bertz CT molecular complexity index is 842. The minimum Gasteiger partial charge on any atom is -0.340 e. The molecule has 1 heterocycles. The van der Waals surface area contributed by atoms with Crippen LogP contribution in [0.4, 0.5) is 23.0 Å². The number of aromatic nitrogens is 2. The Kier molecular flexibility index (Phi) is 4.52. The molecule has 0 aliphatic carbocycles. The molecule has 0 saturated heterocycles. The van der Waals surface area contributed by atoms with Crippen molar-refractivity contribution in [1.29, 1.82) is 0 Å². The van der Waals surface area contributed by atoms with Crippen molar-refractivity contribution in [3.8, 4) is 0 Å². The van der Waals surface area contributed by atoms with Gasteiger partial charge in [-0.1, -0.05) is 17.7 Å². The van der Waals surface area contributed by atoms with Gasteiger partial charge < -0.3 is 10.6 Å². The lowest BCUT2D eigenvalue weighted by molar-refractivity contribution is 0.101. The number of hydrogen-bond acceptors (Lipinski definition) is 5. The molecule has 0 spiro atoms. The molecular formula is C19H18N4O. The standard InChI is InChI=1S/C19H18N4O/c1-13-3-7-16(8-4-13)22-18-11-19(21-12-20-18)23-17-9-5-15(6-10-17)14(2)24/h3-12H,1-2H3,(H2,20,21,22,23). The van der Waals surface area contributed by atoms with Crippen LogP contribution in [-0.2, 0) is 0 Å². The first-order valence-corrected chi connectivity index (χ1v) is 7.64. The highest BCUT2D eigenvalue weighted by Crippen LogP contribution is 2.20. The molecule has 0 unspecified atom stereocenters. The van der Waals surface area contributed by atoms with Gasteiger partial charge in [0.1, 0.15) is 18.0 Å². The first-order chi connectivity index (χ1) is 11.6. The van der Waals surface area contributed by atoms with Gasteiger partial charge in [0.15, 0.2) is 5.78 Å². The molecule has 0 radical (unpaired) electrons. The SMILES string of the molecule is CC(=O)c1ccc(Nc2cc(Nc3ccc(C)cc3)ncn2)cc1. The normalized spacial score (nSPS) is 10.2. The zero-order chi connectivity index (χ0) is 16.9. The summed E-state index contributed by atoms with van der Waals surface area (Å²) in [6, 6.07) is 17.2. The second kappa shape index (κ2) is 6.91. The number of carbonyl (C=O) groups excluding carboxylic acids is 1. The van der Waals surface area contributed by atoms with E-state index >= 15 is 0 Å². The molecule has 5 heteroatoms. The summed E-state index contributed by atoms with van der Waals surface area (Å²) in [4.78, 5) is 19.8. The lowest BCUT2D eigenvalue weighted by Crippen LogP contribution is -1.99. The van der Waals surface area contributed by atoms with Gasteiger partial charge in [-0.2, -0.15) is 0 Å². The second-order valence-corrected chi connectivity index (χ2v) is 5.54. The van der Waals surface area contributed by atoms with E-state index in [1.54, 1.807) is 19.1 Å². The molecule has 2 N–H and O–H groups in total. The highest BCUT2D eigenvalue weighted by molar-refractivity contribution is 5.94. The van der Waals surface area contributed by atoms with E-state index in [-0.39, 0.29) is 5.78 Å². The van der Waals surface area contributed by atoms with E-state index in [1.165, 1.54) is 11.9 Å². The van der Waals surface area contributed by atoms with Crippen molar-refractivity contribution >= 4 is 28.8 Å². The Morgan fingerprint density at radius 3 is 1.83 bits per heavy atom. The molecule has 0 fully saturated rings. The fourth-order valence-corrected chi connectivity index (χ4v) is 2.21. The quantitative estimate of drug-likeness (QED) is 0.679. The Morgan fingerprint density at radius 1 is 0.833 bits per heavy atom. The second-order valence-electron chi connectivity index (χ2n) is 5.54. The number of hydrogen-bond donors (Lipinski definition) is 2. The summed E-state index contributed by atoms with van der Waals surface area (Å²) in [7, 11) is 0. The van der Waals surface area contributed by atoms with Gasteiger partial charge in [0, 0.05) is 23.0 Å². The van der Waals surface area contributed by atoms with Crippen LogP contribution in [0.1, 0.15) is 22.8 Å². The van der Waals surface area contributed by atoms with Gasteiger partial charge in [-0.15, -0.1) is 0 Å². The molecule has 0 aliphatic rings. The summed E-state index contributed by atoms with van der Waals surface area (Å²) in [6.07, 6.45) is 1.50. The van der Waals surface area contributed by atoms with Crippen molar-refractivity contribution in [3.05, 3.63) is 72.1 Å². The molecule has 0 saturated carbocycles. The highest BCUT2D eigenvalue weighted by Gasteiger charge is 2.02. The lowest BCUT2D eigenvalue weighted by Gasteiger charge is -2.09. The van der Waals surface area contributed by atoms with E-state index in [2.05, 4.69) is 20.6 Å². The summed E-state index contributed by atoms with van der Waals surface area (Å²) >= 11 is 0. The van der Waals surface area contributed by atoms with Crippen LogP contribution in [0.2, 0.25) is 0 Å². The van der Waals surface area contributed by atoms with Crippen molar-refractivity contribution < 1.29 is 4.79 Å². The van der Waals surface area contributed by atoms with Crippen molar-refractivity contribution in [2.24, 2.45) is 0 Å². The van der Waals surface area contributed by atoms with E-state index in [9.17, 15) is 4.79 Å². The van der Waals surface area contributed by atoms with E-state index in [0.29, 0.717) is 17.2 Å². The van der Waals surface area contributed by atoms with Crippen LogP contribution in [0.15, 0.2) is 60.9 Å². The Labute approximate surface area is 140 Å². The average molecular weight is 318 g/mol. The molecule has 0 atom stereocenters. The van der Waals surface area contributed by atoms with Crippen LogP contribution in [0, 0.1) is 6.92 Å². The fraction of sp³-hybridized carbons (Fsp3) is 0.105. The first kappa shape index (κ1) is 15.7. The summed E-state index contributed by atoms with van der Waals surface area (Å²) in [5.74, 6) is 1.43. The number of aryl methyl sites for hydroxylation is 1. The number of nitrogens with zero attached hydrogens (tertiary/aromatic N) is 2. The minimum absolute atomic E-state index is 0.0492. The minimum atomic E-state index is 0.0492. The lowest BCUT2D eigenvalue weighted by atomic mass is 10.1. The van der Waals surface area contributed by atoms with Gasteiger partial charge in [-0.25, -0.2) is 9.97 Å². The van der Waals surface area contributed by atoms with E-state index in [0.717, 1.165) is 11.4 Å². The highest BCUT2D eigenvalue weighted by atomic mass is 16.1. The number of Topliss-reactive ketones (excluding diaryl/α,β-unsaturated/α-hetero) is 1. The number of carbonyl (C=O) groups is 1. The Morgan fingerprint density at radius 2 is 1.33 bits per heavy atom. The van der Waals surface area contributed by atoms with Crippen LogP contribution >= 0.6 is 0 Å². The number of anilines is 4. The maximum Gasteiger partial charge on any atom is 0.159 e. The van der Waals surface area contributed by atoms with Gasteiger partial charge in [-0.3, -0.25) is 4.79 Å². The summed E-state index contributed by atoms with van der Waals surface area (Å²) < 4.78 is 0. The Hall–Kier alpha value is -3.21. The number of benzene rings is 2. The molecule has 1 aromatic heterocycles. The maximum absolute atomic E-state index is 11.3. The first-order valence-electron chi connectivity index (χ1n) is 7.64. The van der Waals surface area contributed by atoms with Gasteiger partial charge in [0.25, 0.3) is 0 Å². The number of nitrogens with one attached hydrogen (secondary N) is 2. The van der Waals surface area contributed by atoms with Crippen LogP contribution in [0.25, 0.3) is 0 Å². The summed E-state index contributed by atoms with van der Waals surface area (Å²) in [6.45, 7) is 3.60. The summed E-state index contributed by atoms with van der Waals surface area (Å²) in [5.41, 5.74) is 3.72. The maximum atomic E-state index is 11.3. The van der Waals surface area contributed by atoms with Gasteiger partial charge in [0.05, 0.1) is 0 Å². The van der Waals surface area contributed by atoms with Crippen LogP contribution in [0.3, 0.4) is 0 Å². The third-order valence-electron chi connectivity index (χ3n) is 3.55. The zero-order valence-corrected chi connectivity index (χ0v) is 13.6. The van der Waals surface area contributed by atoms with E-state index in [1.807, 2.05) is 49.4 Å². The average Bonchev–Trinajstić information content (AvgIpc) is 2.58. The molecule has 120 valence electrons. The zero-order valence-electron chi connectivity index (χ0n) is 13.6. The van der Waals surface area contributed by atoms with Gasteiger partial charge in [-0.05, 0) is 50.2 Å². The predicted octanol–water partition coefficient (Wildman–Crippen LogP) is 4.47. The largest absolute Gasteiger partial charge is 0.340 e.